The normalized spacial score (nSPS) is 11.4. The fourth-order valence-electron chi connectivity index (χ4n) is 2.48. The van der Waals surface area contributed by atoms with Crippen LogP contribution in [-0.4, -0.2) is 8.32 Å². The molecule has 0 aliphatic heterocycles. The summed E-state index contributed by atoms with van der Waals surface area (Å²) in [5.74, 6) is 1.06. The molecule has 0 atom stereocenters. The van der Waals surface area contributed by atoms with Crippen molar-refractivity contribution in [3.8, 4) is 5.75 Å². The summed E-state index contributed by atoms with van der Waals surface area (Å²) in [4.78, 5) is 0. The average molecular weight is 270 g/mol. The zero-order valence-corrected chi connectivity index (χ0v) is 13.4. The molecule has 0 bridgehead atoms. The van der Waals surface area contributed by atoms with E-state index >= 15 is 0 Å². The molecule has 0 saturated heterocycles. The maximum atomic E-state index is 6.44. The van der Waals surface area contributed by atoms with E-state index in [1.807, 2.05) is 0 Å². The van der Waals surface area contributed by atoms with E-state index in [9.17, 15) is 0 Å². The van der Waals surface area contributed by atoms with Crippen molar-refractivity contribution in [2.45, 2.75) is 33.9 Å². The maximum absolute atomic E-state index is 6.44. The first kappa shape index (κ1) is 13.9. The van der Waals surface area contributed by atoms with Crippen LogP contribution in [-0.2, 0) is 0 Å². The van der Waals surface area contributed by atoms with E-state index in [1.54, 1.807) is 0 Å². The molecule has 0 fully saturated rings. The summed E-state index contributed by atoms with van der Waals surface area (Å²) in [6.45, 7) is 10.9. The van der Waals surface area contributed by atoms with E-state index < -0.39 is 8.32 Å². The lowest BCUT2D eigenvalue weighted by Crippen LogP contribution is -2.47. The average Bonchev–Trinajstić information content (AvgIpc) is 2.35. The van der Waals surface area contributed by atoms with Crippen molar-refractivity contribution in [2.24, 2.45) is 0 Å². The van der Waals surface area contributed by atoms with Gasteiger partial charge in [0.2, 0.25) is 0 Å². The van der Waals surface area contributed by atoms with E-state index in [-0.39, 0.29) is 0 Å². The molecule has 100 valence electrons. The van der Waals surface area contributed by atoms with Gasteiger partial charge in [0.25, 0.3) is 8.32 Å². The zero-order chi connectivity index (χ0) is 14.0. The molecule has 19 heavy (non-hydrogen) atoms. The monoisotopic (exact) mass is 270 g/mol. The quantitative estimate of drug-likeness (QED) is 0.763. The fraction of sp³-hybridized carbons (Fsp3) is 0.294. The van der Waals surface area contributed by atoms with Gasteiger partial charge in [-0.15, -0.1) is 0 Å². The molecule has 0 aliphatic rings. The SMILES string of the molecule is Cc1cc(C)c(O[Si](C)(C)c2ccccc2)c(C)c1. The van der Waals surface area contributed by atoms with Crippen LogP contribution in [0.4, 0.5) is 0 Å². The Morgan fingerprint density at radius 3 is 1.89 bits per heavy atom. The molecule has 0 aromatic heterocycles. The van der Waals surface area contributed by atoms with E-state index in [4.69, 9.17) is 4.43 Å². The van der Waals surface area contributed by atoms with Gasteiger partial charge in [0.05, 0.1) is 0 Å². The van der Waals surface area contributed by atoms with Crippen molar-refractivity contribution in [3.05, 3.63) is 59.2 Å². The molecule has 2 heteroatoms. The number of aryl methyl sites for hydroxylation is 3. The minimum absolute atomic E-state index is 1.06. The first-order chi connectivity index (χ1) is 8.90. The standard InChI is InChI=1S/C17H22OSi/c1-13-11-14(2)17(15(3)12-13)18-19(4,5)16-9-7-6-8-10-16/h6-12H,1-5H3. The Hall–Kier alpha value is -1.54. The number of rotatable bonds is 3. The predicted octanol–water partition coefficient (Wildman–Crippen LogP) is 4.10. The zero-order valence-electron chi connectivity index (χ0n) is 12.4. The van der Waals surface area contributed by atoms with E-state index in [2.05, 4.69) is 76.3 Å². The Morgan fingerprint density at radius 2 is 1.37 bits per heavy atom. The second kappa shape index (κ2) is 5.22. The highest BCUT2D eigenvalue weighted by Gasteiger charge is 2.28. The number of hydrogen-bond acceptors (Lipinski definition) is 1. The van der Waals surface area contributed by atoms with Crippen LogP contribution in [0.3, 0.4) is 0 Å². The van der Waals surface area contributed by atoms with Gasteiger partial charge in [0.15, 0.2) is 0 Å². The van der Waals surface area contributed by atoms with Gasteiger partial charge in [0.1, 0.15) is 5.75 Å². The lowest BCUT2D eigenvalue weighted by Gasteiger charge is -2.27. The van der Waals surface area contributed by atoms with Crippen molar-refractivity contribution in [3.63, 3.8) is 0 Å². The first-order valence-electron chi connectivity index (χ1n) is 6.72. The highest BCUT2D eigenvalue weighted by Crippen LogP contribution is 2.27. The van der Waals surface area contributed by atoms with Gasteiger partial charge < -0.3 is 4.43 Å². The molecular weight excluding hydrogens is 248 g/mol. The molecule has 0 unspecified atom stereocenters. The Bertz CT molecular complexity index is 550. The molecule has 2 aromatic rings. The second-order valence-corrected chi connectivity index (χ2v) is 9.51. The van der Waals surface area contributed by atoms with Crippen LogP contribution >= 0.6 is 0 Å². The van der Waals surface area contributed by atoms with Gasteiger partial charge in [-0.25, -0.2) is 0 Å². The van der Waals surface area contributed by atoms with Crippen LogP contribution in [0.25, 0.3) is 0 Å². The van der Waals surface area contributed by atoms with Crippen LogP contribution in [0.5, 0.6) is 5.75 Å². The summed E-state index contributed by atoms with van der Waals surface area (Å²) in [6, 6.07) is 15.0. The van der Waals surface area contributed by atoms with Gasteiger partial charge in [-0.1, -0.05) is 48.0 Å². The Balaban J connectivity index is 2.36. The van der Waals surface area contributed by atoms with Gasteiger partial charge >= 0.3 is 0 Å². The minimum Gasteiger partial charge on any atom is -0.539 e. The van der Waals surface area contributed by atoms with Gasteiger partial charge in [-0.3, -0.25) is 0 Å². The minimum atomic E-state index is -1.90. The summed E-state index contributed by atoms with van der Waals surface area (Å²) >= 11 is 0. The molecule has 1 nitrogen and oxygen atoms in total. The number of benzene rings is 2. The van der Waals surface area contributed by atoms with Crippen molar-refractivity contribution in [2.75, 3.05) is 0 Å². The summed E-state index contributed by atoms with van der Waals surface area (Å²) in [6.07, 6.45) is 0. The third kappa shape index (κ3) is 3.07. The highest BCUT2D eigenvalue weighted by molar-refractivity contribution is 6.85. The molecule has 2 aromatic carbocycles. The van der Waals surface area contributed by atoms with Crippen LogP contribution in [0.2, 0.25) is 13.1 Å². The lowest BCUT2D eigenvalue weighted by atomic mass is 10.1. The van der Waals surface area contributed by atoms with Crippen molar-refractivity contribution in [1.82, 2.24) is 0 Å². The van der Waals surface area contributed by atoms with E-state index in [1.165, 1.54) is 21.9 Å². The predicted molar refractivity (Wildman–Crippen MR) is 84.8 cm³/mol. The molecular formula is C17H22OSi. The fourth-order valence-corrected chi connectivity index (χ4v) is 4.43. The van der Waals surface area contributed by atoms with Crippen LogP contribution in [0, 0.1) is 20.8 Å². The van der Waals surface area contributed by atoms with Gasteiger partial charge in [-0.05, 0) is 50.2 Å². The lowest BCUT2D eigenvalue weighted by molar-refractivity contribution is 0.554. The van der Waals surface area contributed by atoms with E-state index in [0.29, 0.717) is 0 Å². The van der Waals surface area contributed by atoms with E-state index in [0.717, 1.165) is 5.75 Å². The topological polar surface area (TPSA) is 9.23 Å². The Kier molecular flexibility index (Phi) is 3.81. The molecule has 0 radical (unpaired) electrons. The smallest absolute Gasteiger partial charge is 0.276 e. The van der Waals surface area contributed by atoms with Crippen molar-refractivity contribution in [1.29, 1.82) is 0 Å². The van der Waals surface area contributed by atoms with Crippen LogP contribution < -0.4 is 9.61 Å². The third-order valence-corrected chi connectivity index (χ3v) is 5.87. The molecule has 0 N–H and O–H groups in total. The van der Waals surface area contributed by atoms with Gasteiger partial charge in [0, 0.05) is 0 Å². The first-order valence-corrected chi connectivity index (χ1v) is 9.63. The third-order valence-electron chi connectivity index (χ3n) is 3.43. The van der Waals surface area contributed by atoms with Crippen molar-refractivity contribution < 1.29 is 4.43 Å². The molecule has 0 amide bonds. The van der Waals surface area contributed by atoms with Crippen LogP contribution in [0.1, 0.15) is 16.7 Å². The van der Waals surface area contributed by atoms with Crippen molar-refractivity contribution >= 4 is 13.5 Å². The maximum Gasteiger partial charge on any atom is 0.276 e. The second-order valence-electron chi connectivity index (χ2n) is 5.71. The Morgan fingerprint density at radius 1 is 0.842 bits per heavy atom. The summed E-state index contributed by atoms with van der Waals surface area (Å²) in [7, 11) is -1.90. The Labute approximate surface area is 117 Å². The highest BCUT2D eigenvalue weighted by atomic mass is 28.4. The largest absolute Gasteiger partial charge is 0.539 e. The molecule has 0 spiro atoms. The summed E-state index contributed by atoms with van der Waals surface area (Å²) < 4.78 is 6.44. The molecule has 0 aliphatic carbocycles. The summed E-state index contributed by atoms with van der Waals surface area (Å²) in [5, 5.41) is 1.33. The molecule has 0 heterocycles. The summed E-state index contributed by atoms with van der Waals surface area (Å²) in [5.41, 5.74) is 3.75. The molecule has 2 rings (SSSR count). The molecule has 0 saturated carbocycles. The number of hydrogen-bond donors (Lipinski definition) is 0. The van der Waals surface area contributed by atoms with Gasteiger partial charge in [-0.2, -0.15) is 0 Å². The van der Waals surface area contributed by atoms with Crippen LogP contribution in [0.15, 0.2) is 42.5 Å².